The number of rotatable bonds is 1. The van der Waals surface area contributed by atoms with Gasteiger partial charge in [-0.05, 0) is 0 Å². The predicted molar refractivity (Wildman–Crippen MR) is 80.8 cm³/mol. The van der Waals surface area contributed by atoms with E-state index in [-0.39, 0.29) is 17.0 Å². The smallest absolute Gasteiger partial charge is 0.870 e. The Hall–Kier alpha value is -2.05. The SMILES string of the molecule is [B+2]c1ccc(-c2cccn2C(=O)OC(C)(C)C)cc1.[OH-].[OH-]. The van der Waals surface area contributed by atoms with Crippen LogP contribution in [0.5, 0.6) is 0 Å². The summed E-state index contributed by atoms with van der Waals surface area (Å²) < 4.78 is 6.86. The molecule has 2 N–H and O–H groups in total. The Labute approximate surface area is 125 Å². The minimum atomic E-state index is -0.514. The number of hydrogen-bond donors (Lipinski definition) is 0. The molecule has 2 rings (SSSR count). The van der Waals surface area contributed by atoms with Gasteiger partial charge in [0.2, 0.25) is 0 Å². The summed E-state index contributed by atoms with van der Waals surface area (Å²) in [7, 11) is 5.66. The van der Waals surface area contributed by atoms with Gasteiger partial charge in [-0.1, -0.05) is 0 Å². The van der Waals surface area contributed by atoms with Gasteiger partial charge < -0.3 is 11.0 Å². The van der Waals surface area contributed by atoms with Gasteiger partial charge in [0.1, 0.15) is 0 Å². The zero-order valence-corrected chi connectivity index (χ0v) is 12.3. The van der Waals surface area contributed by atoms with E-state index in [0.29, 0.717) is 5.46 Å². The topological polar surface area (TPSA) is 91.2 Å². The zero-order chi connectivity index (χ0) is 14.0. The molecule has 0 fully saturated rings. The monoisotopic (exact) mass is 287 g/mol. The maximum Gasteiger partial charge on any atom is -0.870 e. The van der Waals surface area contributed by atoms with Gasteiger partial charge in [0.05, 0.1) is 0 Å². The van der Waals surface area contributed by atoms with Gasteiger partial charge >= 0.3 is 114 Å². The van der Waals surface area contributed by atoms with Crippen LogP contribution in [0.15, 0.2) is 42.6 Å². The van der Waals surface area contributed by atoms with E-state index in [2.05, 4.69) is 0 Å². The van der Waals surface area contributed by atoms with Crippen LogP contribution in [0.4, 0.5) is 4.79 Å². The van der Waals surface area contributed by atoms with Gasteiger partial charge in [-0.25, -0.2) is 0 Å². The van der Waals surface area contributed by atoms with Crippen molar-refractivity contribution in [2.24, 2.45) is 0 Å². The fourth-order valence-electron chi connectivity index (χ4n) is 1.74. The van der Waals surface area contributed by atoms with E-state index in [4.69, 9.17) is 12.6 Å². The molecule has 0 aliphatic rings. The van der Waals surface area contributed by atoms with Crippen molar-refractivity contribution >= 4 is 19.4 Å². The molecule has 0 aliphatic carbocycles. The molecule has 6 heteroatoms. The third-order valence-corrected chi connectivity index (χ3v) is 2.55. The molecule has 0 unspecified atom stereocenters. The molecule has 21 heavy (non-hydrogen) atoms. The van der Waals surface area contributed by atoms with Crippen LogP contribution in [0.25, 0.3) is 11.3 Å². The van der Waals surface area contributed by atoms with Crippen molar-refractivity contribution in [2.45, 2.75) is 26.4 Å². The van der Waals surface area contributed by atoms with E-state index in [1.807, 2.05) is 57.2 Å². The Morgan fingerprint density at radius 2 is 1.67 bits per heavy atom. The van der Waals surface area contributed by atoms with Crippen LogP contribution in [0.2, 0.25) is 0 Å². The molecule has 0 atom stereocenters. The molecule has 1 aromatic carbocycles. The van der Waals surface area contributed by atoms with Crippen LogP contribution < -0.4 is 5.46 Å². The van der Waals surface area contributed by atoms with E-state index in [1.54, 1.807) is 6.20 Å². The van der Waals surface area contributed by atoms with E-state index in [9.17, 15) is 4.79 Å². The summed E-state index contributed by atoms with van der Waals surface area (Å²) in [5.41, 5.74) is 1.89. The molecular weight excluding hydrogens is 269 g/mol. The molecule has 0 saturated heterocycles. The summed E-state index contributed by atoms with van der Waals surface area (Å²) in [5, 5.41) is 0. The van der Waals surface area contributed by atoms with Crippen molar-refractivity contribution in [3.05, 3.63) is 42.6 Å². The standard InChI is InChI=1S/C15H16BNO2.2H2O/c1-15(2,3)19-14(18)17-10-4-5-13(17)11-6-8-12(16)9-7-11;;/h4-10H,1-3H3;2*1H2/q+2;;/p-2. The van der Waals surface area contributed by atoms with Crippen molar-refractivity contribution < 1.29 is 20.5 Å². The zero-order valence-electron chi connectivity index (χ0n) is 12.3. The quantitative estimate of drug-likeness (QED) is 0.753. The number of benzene rings is 1. The number of carbonyl (C=O) groups is 1. The Bertz CT molecular complexity index is 584. The van der Waals surface area contributed by atoms with Crippen LogP contribution in [0.3, 0.4) is 0 Å². The van der Waals surface area contributed by atoms with Gasteiger partial charge in [0.25, 0.3) is 0 Å². The first-order valence-corrected chi connectivity index (χ1v) is 6.13. The predicted octanol–water partition coefficient (Wildman–Crippen LogP) is 2.38. The minimum absolute atomic E-state index is 0. The van der Waals surface area contributed by atoms with Crippen LogP contribution in [-0.2, 0) is 4.74 Å². The van der Waals surface area contributed by atoms with Crippen molar-refractivity contribution in [1.29, 1.82) is 0 Å². The van der Waals surface area contributed by atoms with Gasteiger partial charge in [0.15, 0.2) is 0 Å². The average molecular weight is 287 g/mol. The minimum Gasteiger partial charge on any atom is -0.870 e. The second kappa shape index (κ2) is 7.10. The maximum atomic E-state index is 12.1. The molecule has 0 radical (unpaired) electrons. The summed E-state index contributed by atoms with van der Waals surface area (Å²) in [6.45, 7) is 5.53. The molecule has 0 bridgehead atoms. The fourth-order valence-corrected chi connectivity index (χ4v) is 1.74. The van der Waals surface area contributed by atoms with Crippen molar-refractivity contribution in [3.63, 3.8) is 0 Å². The third-order valence-electron chi connectivity index (χ3n) is 2.55. The Morgan fingerprint density at radius 3 is 2.19 bits per heavy atom. The number of aromatic nitrogens is 1. The molecular formula is C15H18BNO4. The first-order chi connectivity index (χ1) is 8.87. The molecule has 2 aromatic rings. The first kappa shape index (κ1) is 19.0. The van der Waals surface area contributed by atoms with Crippen molar-refractivity contribution in [3.8, 4) is 11.3 Å². The largest absolute Gasteiger partial charge is 0.870 e. The van der Waals surface area contributed by atoms with E-state index in [0.717, 1.165) is 11.3 Å². The number of ether oxygens (including phenoxy) is 1. The molecule has 0 aliphatic heterocycles. The molecule has 0 saturated carbocycles. The molecule has 5 nitrogen and oxygen atoms in total. The van der Waals surface area contributed by atoms with Gasteiger partial charge in [0, 0.05) is 0 Å². The van der Waals surface area contributed by atoms with E-state index >= 15 is 0 Å². The second-order valence-corrected chi connectivity index (χ2v) is 5.37. The number of nitrogens with zero attached hydrogens (tertiary/aromatic N) is 1. The van der Waals surface area contributed by atoms with E-state index in [1.165, 1.54) is 4.57 Å². The summed E-state index contributed by atoms with van der Waals surface area (Å²) in [6.07, 6.45) is 1.31. The molecule has 0 amide bonds. The molecule has 1 aromatic heterocycles. The Kier molecular flexibility index (Phi) is 6.41. The Balaban J connectivity index is 0.00000200. The fraction of sp³-hybridized carbons (Fsp3) is 0.267. The van der Waals surface area contributed by atoms with Crippen LogP contribution in [0.1, 0.15) is 20.8 Å². The summed E-state index contributed by atoms with van der Waals surface area (Å²) in [5.74, 6) is 0. The number of carbonyl (C=O) groups excluding carboxylic acids is 1. The molecule has 1 heterocycles. The number of hydrogen-bond acceptors (Lipinski definition) is 4. The van der Waals surface area contributed by atoms with E-state index < -0.39 is 5.60 Å². The maximum absolute atomic E-state index is 12.1. The Morgan fingerprint density at radius 1 is 1.10 bits per heavy atom. The van der Waals surface area contributed by atoms with Gasteiger partial charge in [-0.15, -0.1) is 0 Å². The summed E-state index contributed by atoms with van der Waals surface area (Å²) in [4.78, 5) is 12.1. The van der Waals surface area contributed by atoms with Gasteiger partial charge in [-0.3, -0.25) is 0 Å². The normalized spacial score (nSPS) is 10.3. The summed E-state index contributed by atoms with van der Waals surface area (Å²) in [6, 6.07) is 11.1. The van der Waals surface area contributed by atoms with Crippen LogP contribution in [-0.4, -0.2) is 35.1 Å². The van der Waals surface area contributed by atoms with Crippen LogP contribution >= 0.6 is 0 Å². The van der Waals surface area contributed by atoms with Gasteiger partial charge in [-0.2, -0.15) is 0 Å². The average Bonchev–Trinajstić information content (AvgIpc) is 2.76. The molecule has 0 spiro atoms. The van der Waals surface area contributed by atoms with Crippen molar-refractivity contribution in [1.82, 2.24) is 4.57 Å². The second-order valence-electron chi connectivity index (χ2n) is 5.37. The summed E-state index contributed by atoms with van der Waals surface area (Å²) >= 11 is 0. The van der Waals surface area contributed by atoms with Crippen LogP contribution in [0, 0.1) is 0 Å². The first-order valence-electron chi connectivity index (χ1n) is 6.13. The van der Waals surface area contributed by atoms with Crippen molar-refractivity contribution in [2.75, 3.05) is 0 Å². The third kappa shape index (κ3) is 4.77. The molecule has 110 valence electrons.